The highest BCUT2D eigenvalue weighted by atomic mass is 16.5. The number of likely N-dealkylation sites (tertiary alicyclic amines) is 1. The summed E-state index contributed by atoms with van der Waals surface area (Å²) in [5, 5.41) is 5.63. The van der Waals surface area contributed by atoms with Crippen LogP contribution in [-0.4, -0.2) is 84.9 Å². The minimum absolute atomic E-state index is 0.165. The third kappa shape index (κ3) is 6.42. The molecule has 8 nitrogen and oxygen atoms in total. The van der Waals surface area contributed by atoms with Crippen LogP contribution >= 0.6 is 0 Å². The molecule has 30 heavy (non-hydrogen) atoms. The molecule has 2 amide bonds. The molecule has 2 saturated heterocycles. The first-order chi connectivity index (χ1) is 14.5. The maximum atomic E-state index is 12.4. The summed E-state index contributed by atoms with van der Waals surface area (Å²) in [6.45, 7) is 7.44. The number of amides is 2. The molecule has 2 aliphatic heterocycles. The fourth-order valence-electron chi connectivity index (χ4n) is 4.30. The number of ether oxygens (including phenoxy) is 1. The highest BCUT2D eigenvalue weighted by Gasteiger charge is 2.28. The molecule has 1 aromatic carbocycles. The van der Waals surface area contributed by atoms with Crippen molar-refractivity contribution < 1.29 is 24.1 Å². The number of hydrogen-bond donors (Lipinski definition) is 4. The second kappa shape index (κ2) is 11.3. The number of morpholine rings is 1. The van der Waals surface area contributed by atoms with Gasteiger partial charge >= 0.3 is 11.8 Å². The van der Waals surface area contributed by atoms with Crippen molar-refractivity contribution in [3.63, 3.8) is 0 Å². The third-order valence-electron chi connectivity index (χ3n) is 6.19. The maximum Gasteiger partial charge on any atom is 0.309 e. The standard InChI is InChI=1S/C22H35N5O3/c1-25(2)19-7-5-18(6-8-19)20(27-10-3-4-11-27)17-24-22(29)21(28)23-9-12-26-13-15-30-16-14-26/h5-8,20H,3-4,9-17H2,1-2H3,(H,23,28)(H,24,29)/p+2/t20-/m0/s1. The molecule has 0 aromatic heterocycles. The number of carbonyl (C=O) groups is 2. The van der Waals surface area contributed by atoms with E-state index in [1.165, 1.54) is 28.2 Å². The van der Waals surface area contributed by atoms with Crippen LogP contribution in [0.15, 0.2) is 24.3 Å². The lowest BCUT2D eigenvalue weighted by molar-refractivity contribution is -0.918. The lowest BCUT2D eigenvalue weighted by atomic mass is 10.0. The molecule has 2 heterocycles. The summed E-state index contributed by atoms with van der Waals surface area (Å²) in [6, 6.07) is 8.67. The Morgan fingerprint density at radius 2 is 1.63 bits per heavy atom. The fourth-order valence-corrected chi connectivity index (χ4v) is 4.30. The van der Waals surface area contributed by atoms with Gasteiger partial charge in [0, 0.05) is 38.2 Å². The quantitative estimate of drug-likeness (QED) is 0.355. The van der Waals surface area contributed by atoms with E-state index in [1.807, 2.05) is 14.1 Å². The zero-order valence-electron chi connectivity index (χ0n) is 18.3. The van der Waals surface area contributed by atoms with E-state index in [-0.39, 0.29) is 6.04 Å². The summed E-state index contributed by atoms with van der Waals surface area (Å²) in [4.78, 5) is 29.5. The van der Waals surface area contributed by atoms with Crippen LogP contribution < -0.4 is 25.3 Å². The normalized spacial score (nSPS) is 18.7. The monoisotopic (exact) mass is 419 g/mol. The topological polar surface area (TPSA) is 79.6 Å². The molecule has 0 saturated carbocycles. The Morgan fingerprint density at radius 3 is 2.27 bits per heavy atom. The Labute approximate surface area is 179 Å². The minimum atomic E-state index is -0.541. The molecule has 8 heteroatoms. The van der Waals surface area contributed by atoms with Gasteiger partial charge in [-0.2, -0.15) is 0 Å². The Bertz CT molecular complexity index is 683. The van der Waals surface area contributed by atoms with Crippen LogP contribution in [0.1, 0.15) is 24.4 Å². The molecule has 0 bridgehead atoms. The van der Waals surface area contributed by atoms with Gasteiger partial charge in [0.25, 0.3) is 0 Å². The van der Waals surface area contributed by atoms with Crippen LogP contribution in [0.25, 0.3) is 0 Å². The average molecular weight is 420 g/mol. The largest absolute Gasteiger partial charge is 0.378 e. The number of benzene rings is 1. The summed E-state index contributed by atoms with van der Waals surface area (Å²) in [6.07, 6.45) is 2.42. The number of rotatable bonds is 8. The summed E-state index contributed by atoms with van der Waals surface area (Å²) in [5.74, 6) is -1.08. The number of carbonyl (C=O) groups excluding carboxylic acids is 2. The van der Waals surface area contributed by atoms with Gasteiger partial charge in [0.1, 0.15) is 19.1 Å². The van der Waals surface area contributed by atoms with Crippen molar-refractivity contribution in [1.82, 2.24) is 10.6 Å². The molecule has 0 unspecified atom stereocenters. The molecule has 1 atom stereocenters. The molecule has 166 valence electrons. The molecule has 2 aliphatic rings. The highest BCUT2D eigenvalue weighted by molar-refractivity contribution is 6.35. The van der Waals surface area contributed by atoms with Crippen LogP contribution in [0.4, 0.5) is 5.69 Å². The van der Waals surface area contributed by atoms with Crippen molar-refractivity contribution >= 4 is 17.5 Å². The second-order valence-electron chi connectivity index (χ2n) is 8.48. The molecule has 2 fully saturated rings. The van der Waals surface area contributed by atoms with E-state index >= 15 is 0 Å². The minimum Gasteiger partial charge on any atom is -0.378 e. The SMILES string of the molecule is CN(C)c1ccc([C@H](CNC(=O)C(=O)NCC[NH+]2CCOCC2)[NH+]2CCCC2)cc1. The first-order valence-corrected chi connectivity index (χ1v) is 11.1. The van der Waals surface area contributed by atoms with E-state index in [0.29, 0.717) is 13.1 Å². The van der Waals surface area contributed by atoms with Gasteiger partial charge in [-0.1, -0.05) is 12.1 Å². The molecule has 0 radical (unpaired) electrons. The van der Waals surface area contributed by atoms with E-state index in [4.69, 9.17) is 4.74 Å². The summed E-state index contributed by atoms with van der Waals surface area (Å²) < 4.78 is 5.34. The molecular weight excluding hydrogens is 382 g/mol. The van der Waals surface area contributed by atoms with Crippen LogP contribution in [0, 0.1) is 0 Å². The smallest absolute Gasteiger partial charge is 0.309 e. The van der Waals surface area contributed by atoms with Crippen molar-refractivity contribution in [1.29, 1.82) is 0 Å². The van der Waals surface area contributed by atoms with Crippen molar-refractivity contribution in [3.8, 4) is 0 Å². The number of quaternary nitrogens is 2. The summed E-state index contributed by atoms with van der Waals surface area (Å²) in [7, 11) is 4.05. The van der Waals surface area contributed by atoms with Crippen LogP contribution in [0.5, 0.6) is 0 Å². The molecule has 4 N–H and O–H groups in total. The maximum absolute atomic E-state index is 12.4. The number of anilines is 1. The van der Waals surface area contributed by atoms with Crippen LogP contribution in [-0.2, 0) is 14.3 Å². The molecule has 3 rings (SSSR count). The predicted molar refractivity (Wildman–Crippen MR) is 116 cm³/mol. The number of nitrogens with one attached hydrogen (secondary N) is 4. The Balaban J connectivity index is 1.50. The van der Waals surface area contributed by atoms with Gasteiger partial charge in [0.15, 0.2) is 0 Å². The van der Waals surface area contributed by atoms with E-state index in [2.05, 4.69) is 39.8 Å². The highest BCUT2D eigenvalue weighted by Crippen LogP contribution is 2.17. The fraction of sp³-hybridized carbons (Fsp3) is 0.636. The first kappa shape index (κ1) is 22.5. The van der Waals surface area contributed by atoms with E-state index < -0.39 is 11.8 Å². The van der Waals surface area contributed by atoms with Gasteiger partial charge in [-0.3, -0.25) is 9.59 Å². The van der Waals surface area contributed by atoms with E-state index in [9.17, 15) is 9.59 Å². The van der Waals surface area contributed by atoms with Crippen molar-refractivity contribution in [2.45, 2.75) is 18.9 Å². The molecule has 1 aromatic rings. The molecular formula is C22H37N5O3+2. The predicted octanol–water partition coefficient (Wildman–Crippen LogP) is -2.38. The zero-order valence-corrected chi connectivity index (χ0v) is 18.3. The zero-order chi connectivity index (χ0) is 21.3. The van der Waals surface area contributed by atoms with Gasteiger partial charge < -0.3 is 30.1 Å². The Kier molecular flexibility index (Phi) is 8.48. The lowest BCUT2D eigenvalue weighted by Gasteiger charge is -2.26. The van der Waals surface area contributed by atoms with Crippen molar-refractivity contribution in [2.75, 3.05) is 78.0 Å². The second-order valence-corrected chi connectivity index (χ2v) is 8.48. The van der Waals surface area contributed by atoms with Gasteiger partial charge in [-0.15, -0.1) is 0 Å². The number of hydrogen-bond acceptors (Lipinski definition) is 4. The van der Waals surface area contributed by atoms with Gasteiger partial charge in [-0.25, -0.2) is 0 Å². The Hall–Kier alpha value is -2.16. The Morgan fingerprint density at radius 1 is 1.00 bits per heavy atom. The lowest BCUT2D eigenvalue weighted by Crippen LogP contribution is -3.14. The van der Waals surface area contributed by atoms with Crippen LogP contribution in [0.3, 0.4) is 0 Å². The van der Waals surface area contributed by atoms with Crippen molar-refractivity contribution in [3.05, 3.63) is 29.8 Å². The molecule has 0 aliphatic carbocycles. The third-order valence-corrected chi connectivity index (χ3v) is 6.19. The van der Waals surface area contributed by atoms with E-state index in [0.717, 1.165) is 51.6 Å². The summed E-state index contributed by atoms with van der Waals surface area (Å²) in [5.41, 5.74) is 2.36. The van der Waals surface area contributed by atoms with Gasteiger partial charge in [0.2, 0.25) is 0 Å². The first-order valence-electron chi connectivity index (χ1n) is 11.1. The molecule has 0 spiro atoms. The summed E-state index contributed by atoms with van der Waals surface area (Å²) >= 11 is 0. The van der Waals surface area contributed by atoms with Gasteiger partial charge in [0.05, 0.1) is 45.9 Å². The van der Waals surface area contributed by atoms with Crippen molar-refractivity contribution in [2.24, 2.45) is 0 Å². The average Bonchev–Trinajstić information content (AvgIpc) is 3.29. The number of nitrogens with zero attached hydrogens (tertiary/aromatic N) is 1. The van der Waals surface area contributed by atoms with Gasteiger partial charge in [-0.05, 0) is 12.1 Å². The van der Waals surface area contributed by atoms with Crippen LogP contribution in [0.2, 0.25) is 0 Å². The van der Waals surface area contributed by atoms with E-state index in [1.54, 1.807) is 0 Å².